The first-order valence-corrected chi connectivity index (χ1v) is 6.62. The molecule has 0 atom stereocenters. The number of carbonyl (C=O) groups is 2. The van der Waals surface area contributed by atoms with Gasteiger partial charge in [0.15, 0.2) is 0 Å². The van der Waals surface area contributed by atoms with Crippen LogP contribution in [-0.2, 0) is 14.3 Å². The molecule has 1 heterocycles. The number of ether oxygens (including phenoxy) is 1. The Morgan fingerprint density at radius 2 is 1.94 bits per heavy atom. The quantitative estimate of drug-likeness (QED) is 0.783. The summed E-state index contributed by atoms with van der Waals surface area (Å²) in [6, 6.07) is 0.120. The van der Waals surface area contributed by atoms with Crippen LogP contribution in [0.5, 0.6) is 0 Å². The van der Waals surface area contributed by atoms with Gasteiger partial charge in [0.2, 0.25) is 5.91 Å². The van der Waals surface area contributed by atoms with Crippen molar-refractivity contribution in [1.82, 2.24) is 4.90 Å². The largest absolute Gasteiger partial charge is 0.481 e. The van der Waals surface area contributed by atoms with Crippen LogP contribution < -0.4 is 0 Å². The van der Waals surface area contributed by atoms with Gasteiger partial charge in [0.05, 0.1) is 0 Å². The molecular formula is C13H23NO4. The molecule has 0 aliphatic carbocycles. The highest BCUT2D eigenvalue weighted by molar-refractivity contribution is 5.79. The number of amides is 1. The number of hydrogen-bond donors (Lipinski definition) is 1. The predicted molar refractivity (Wildman–Crippen MR) is 67.3 cm³/mol. The lowest BCUT2D eigenvalue weighted by Gasteiger charge is -2.32. The van der Waals surface area contributed by atoms with Gasteiger partial charge in [-0.25, -0.2) is 0 Å². The summed E-state index contributed by atoms with van der Waals surface area (Å²) in [5.41, 5.74) is 0. The zero-order valence-electron chi connectivity index (χ0n) is 11.2. The van der Waals surface area contributed by atoms with Gasteiger partial charge in [-0.05, 0) is 33.1 Å². The molecule has 1 N–H and O–H groups in total. The van der Waals surface area contributed by atoms with Crippen LogP contribution >= 0.6 is 0 Å². The van der Waals surface area contributed by atoms with Crippen molar-refractivity contribution in [3.05, 3.63) is 0 Å². The molecule has 0 aromatic heterocycles. The van der Waals surface area contributed by atoms with Gasteiger partial charge in [0, 0.05) is 38.1 Å². The third-order valence-corrected chi connectivity index (χ3v) is 3.27. The summed E-state index contributed by atoms with van der Waals surface area (Å²) in [5.74, 6) is -0.609. The molecular weight excluding hydrogens is 234 g/mol. The Hall–Kier alpha value is -1.10. The van der Waals surface area contributed by atoms with Gasteiger partial charge in [-0.3, -0.25) is 9.59 Å². The summed E-state index contributed by atoms with van der Waals surface area (Å²) in [6.45, 7) is 5.77. The van der Waals surface area contributed by atoms with Crippen molar-refractivity contribution >= 4 is 11.9 Å². The average Bonchev–Trinajstić information content (AvgIpc) is 2.34. The fourth-order valence-corrected chi connectivity index (χ4v) is 2.20. The second-order valence-corrected chi connectivity index (χ2v) is 5.01. The fraction of sp³-hybridized carbons (Fsp3) is 0.846. The SMILES string of the molecule is CC(C)N(CCCC(=O)O)C(=O)C1CCOCC1. The van der Waals surface area contributed by atoms with Crippen molar-refractivity contribution in [2.45, 2.75) is 45.6 Å². The first-order valence-electron chi connectivity index (χ1n) is 6.62. The third-order valence-electron chi connectivity index (χ3n) is 3.27. The van der Waals surface area contributed by atoms with E-state index in [-0.39, 0.29) is 24.3 Å². The Morgan fingerprint density at radius 1 is 1.33 bits per heavy atom. The van der Waals surface area contributed by atoms with Crippen LogP contribution in [0.2, 0.25) is 0 Å². The molecule has 104 valence electrons. The van der Waals surface area contributed by atoms with Crippen molar-refractivity contribution in [2.24, 2.45) is 5.92 Å². The zero-order chi connectivity index (χ0) is 13.5. The van der Waals surface area contributed by atoms with E-state index < -0.39 is 5.97 Å². The lowest BCUT2D eigenvalue weighted by Crippen LogP contribution is -2.43. The van der Waals surface area contributed by atoms with E-state index in [1.54, 1.807) is 4.90 Å². The number of rotatable bonds is 6. The zero-order valence-corrected chi connectivity index (χ0v) is 11.2. The number of hydrogen-bond acceptors (Lipinski definition) is 3. The Morgan fingerprint density at radius 3 is 2.44 bits per heavy atom. The van der Waals surface area contributed by atoms with Gasteiger partial charge in [-0.2, -0.15) is 0 Å². The molecule has 1 aliphatic rings. The van der Waals surface area contributed by atoms with E-state index in [9.17, 15) is 9.59 Å². The summed E-state index contributed by atoms with van der Waals surface area (Å²) in [4.78, 5) is 24.6. The number of nitrogens with zero attached hydrogens (tertiary/aromatic N) is 1. The molecule has 18 heavy (non-hydrogen) atoms. The lowest BCUT2D eigenvalue weighted by molar-refractivity contribution is -0.142. The van der Waals surface area contributed by atoms with E-state index in [0.29, 0.717) is 26.2 Å². The average molecular weight is 257 g/mol. The lowest BCUT2D eigenvalue weighted by atomic mass is 9.98. The minimum absolute atomic E-state index is 0.0472. The number of carboxylic acid groups (broad SMARTS) is 1. The van der Waals surface area contributed by atoms with Gasteiger partial charge in [0.1, 0.15) is 0 Å². The van der Waals surface area contributed by atoms with Crippen molar-refractivity contribution in [3.8, 4) is 0 Å². The summed E-state index contributed by atoms with van der Waals surface area (Å²) >= 11 is 0. The van der Waals surface area contributed by atoms with Gasteiger partial charge in [-0.15, -0.1) is 0 Å². The number of carboxylic acids is 1. The summed E-state index contributed by atoms with van der Waals surface area (Å²) in [5, 5.41) is 8.63. The Bertz CT molecular complexity index is 285. The highest BCUT2D eigenvalue weighted by Gasteiger charge is 2.27. The molecule has 0 aromatic rings. The standard InChI is InChI=1S/C13H23NO4/c1-10(2)14(7-3-4-12(15)16)13(17)11-5-8-18-9-6-11/h10-11H,3-9H2,1-2H3,(H,15,16). The molecule has 5 nitrogen and oxygen atoms in total. The maximum atomic E-state index is 12.3. The molecule has 1 aliphatic heterocycles. The Labute approximate surface area is 108 Å². The molecule has 0 unspecified atom stereocenters. The smallest absolute Gasteiger partial charge is 0.303 e. The van der Waals surface area contributed by atoms with Crippen molar-refractivity contribution in [2.75, 3.05) is 19.8 Å². The molecule has 1 amide bonds. The van der Waals surface area contributed by atoms with Gasteiger partial charge in [0.25, 0.3) is 0 Å². The molecule has 5 heteroatoms. The van der Waals surface area contributed by atoms with E-state index in [2.05, 4.69) is 0 Å². The molecule has 0 spiro atoms. The van der Waals surface area contributed by atoms with Crippen LogP contribution in [0.25, 0.3) is 0 Å². The van der Waals surface area contributed by atoms with Gasteiger partial charge < -0.3 is 14.7 Å². The van der Waals surface area contributed by atoms with Crippen LogP contribution in [0, 0.1) is 5.92 Å². The number of aliphatic carboxylic acids is 1. The first kappa shape index (κ1) is 15.0. The fourth-order valence-electron chi connectivity index (χ4n) is 2.20. The minimum atomic E-state index is -0.808. The van der Waals surface area contributed by atoms with Gasteiger partial charge in [-0.1, -0.05) is 0 Å². The van der Waals surface area contributed by atoms with E-state index >= 15 is 0 Å². The normalized spacial score (nSPS) is 16.8. The van der Waals surface area contributed by atoms with Crippen molar-refractivity contribution in [1.29, 1.82) is 0 Å². The molecule has 1 rings (SSSR count). The maximum absolute atomic E-state index is 12.3. The molecule has 1 saturated heterocycles. The van der Waals surface area contributed by atoms with Crippen LogP contribution in [0.15, 0.2) is 0 Å². The third kappa shape index (κ3) is 4.64. The molecule has 0 radical (unpaired) electrons. The molecule has 1 fully saturated rings. The van der Waals surface area contributed by atoms with Crippen LogP contribution in [0.4, 0.5) is 0 Å². The highest BCUT2D eigenvalue weighted by atomic mass is 16.5. The summed E-state index contributed by atoms with van der Waals surface area (Å²) in [6.07, 6.45) is 2.19. The maximum Gasteiger partial charge on any atom is 0.303 e. The van der Waals surface area contributed by atoms with Crippen molar-refractivity contribution in [3.63, 3.8) is 0 Å². The molecule has 0 bridgehead atoms. The predicted octanol–water partition coefficient (Wildman–Crippen LogP) is 1.51. The second kappa shape index (κ2) is 7.36. The van der Waals surface area contributed by atoms with Crippen LogP contribution in [-0.4, -0.2) is 47.7 Å². The van der Waals surface area contributed by atoms with Crippen molar-refractivity contribution < 1.29 is 19.4 Å². The van der Waals surface area contributed by atoms with E-state index in [1.807, 2.05) is 13.8 Å². The van der Waals surface area contributed by atoms with Gasteiger partial charge >= 0.3 is 5.97 Å². The van der Waals surface area contributed by atoms with E-state index in [0.717, 1.165) is 12.8 Å². The van der Waals surface area contributed by atoms with E-state index in [1.165, 1.54) is 0 Å². The van der Waals surface area contributed by atoms with E-state index in [4.69, 9.17) is 9.84 Å². The Kier molecular flexibility index (Phi) is 6.12. The minimum Gasteiger partial charge on any atom is -0.481 e. The number of carbonyl (C=O) groups excluding carboxylic acids is 1. The first-order chi connectivity index (χ1) is 8.52. The second-order valence-electron chi connectivity index (χ2n) is 5.01. The van der Waals surface area contributed by atoms with Crippen LogP contribution in [0.3, 0.4) is 0 Å². The summed E-state index contributed by atoms with van der Waals surface area (Å²) in [7, 11) is 0. The van der Waals surface area contributed by atoms with Crippen LogP contribution in [0.1, 0.15) is 39.5 Å². The topological polar surface area (TPSA) is 66.8 Å². The highest BCUT2D eigenvalue weighted by Crippen LogP contribution is 2.19. The molecule has 0 aromatic carbocycles. The monoisotopic (exact) mass is 257 g/mol. The molecule has 0 saturated carbocycles. The Balaban J connectivity index is 2.48. The summed E-state index contributed by atoms with van der Waals surface area (Å²) < 4.78 is 5.25.